The van der Waals surface area contributed by atoms with E-state index in [1.165, 1.54) is 10.6 Å². The third-order valence-electron chi connectivity index (χ3n) is 2.42. The Balaban J connectivity index is 2.94. The average molecular weight is 275 g/mol. The Morgan fingerprint density at radius 2 is 2.06 bits per heavy atom. The lowest BCUT2D eigenvalue weighted by Gasteiger charge is -2.15. The van der Waals surface area contributed by atoms with E-state index in [1.54, 1.807) is 25.9 Å². The van der Waals surface area contributed by atoms with Gasteiger partial charge in [0, 0.05) is 18.5 Å². The third-order valence-corrected chi connectivity index (χ3v) is 4.46. The molecular weight excluding hydrogens is 258 g/mol. The molecule has 1 aromatic carbocycles. The molecule has 96 valence electrons. The van der Waals surface area contributed by atoms with Crippen LogP contribution in [0.4, 0.5) is 0 Å². The zero-order chi connectivity index (χ0) is 13.1. The largest absolute Gasteiger partial charge is 0.496 e. The van der Waals surface area contributed by atoms with Gasteiger partial charge in [0.15, 0.2) is 0 Å². The maximum atomic E-state index is 11.3. The lowest BCUT2D eigenvalue weighted by Crippen LogP contribution is -2.24. The second kappa shape index (κ2) is 5.75. The summed E-state index contributed by atoms with van der Waals surface area (Å²) in [5.74, 6) is 0.775. The van der Waals surface area contributed by atoms with Crippen molar-refractivity contribution in [3.8, 4) is 5.75 Å². The predicted molar refractivity (Wildman–Crippen MR) is 71.1 cm³/mol. The van der Waals surface area contributed by atoms with Gasteiger partial charge in [-0.25, -0.2) is 12.7 Å². The Morgan fingerprint density at radius 1 is 1.41 bits per heavy atom. The highest BCUT2D eigenvalue weighted by Gasteiger charge is 2.12. The summed E-state index contributed by atoms with van der Waals surface area (Å²) in [6.07, 6.45) is 3.17. The summed E-state index contributed by atoms with van der Waals surface area (Å²) in [5.41, 5.74) is 0.910. The SMILES string of the molecule is COc1cc(CN(C)S(C)(=O)=O)ccc1SC. The summed E-state index contributed by atoms with van der Waals surface area (Å²) < 4.78 is 29.2. The Bertz CT molecular complexity index is 485. The van der Waals surface area contributed by atoms with E-state index >= 15 is 0 Å². The molecule has 0 aliphatic rings. The van der Waals surface area contributed by atoms with E-state index in [9.17, 15) is 8.42 Å². The molecule has 0 unspecified atom stereocenters. The topological polar surface area (TPSA) is 46.6 Å². The number of methoxy groups -OCH3 is 1. The van der Waals surface area contributed by atoms with Crippen molar-refractivity contribution in [1.29, 1.82) is 0 Å². The average Bonchev–Trinajstić information content (AvgIpc) is 2.27. The van der Waals surface area contributed by atoms with Gasteiger partial charge in [-0.15, -0.1) is 11.8 Å². The van der Waals surface area contributed by atoms with Crippen molar-refractivity contribution in [2.24, 2.45) is 0 Å². The zero-order valence-corrected chi connectivity index (χ0v) is 12.1. The fourth-order valence-corrected chi connectivity index (χ4v) is 2.28. The minimum absolute atomic E-state index is 0.351. The number of hydrogen-bond acceptors (Lipinski definition) is 4. The molecule has 17 heavy (non-hydrogen) atoms. The number of benzene rings is 1. The fourth-order valence-electron chi connectivity index (χ4n) is 1.35. The maximum Gasteiger partial charge on any atom is 0.211 e. The van der Waals surface area contributed by atoms with Gasteiger partial charge < -0.3 is 4.74 Å². The Hall–Kier alpha value is -0.720. The Kier molecular flexibility index (Phi) is 4.85. The van der Waals surface area contributed by atoms with Crippen LogP contribution < -0.4 is 4.74 Å². The summed E-state index contributed by atoms with van der Waals surface area (Å²) in [5, 5.41) is 0. The minimum atomic E-state index is -3.15. The third kappa shape index (κ3) is 3.90. The van der Waals surface area contributed by atoms with Crippen molar-refractivity contribution >= 4 is 21.8 Å². The molecule has 0 bridgehead atoms. The number of rotatable bonds is 5. The lowest BCUT2D eigenvalue weighted by molar-refractivity contribution is 0.402. The van der Waals surface area contributed by atoms with Crippen molar-refractivity contribution in [2.45, 2.75) is 11.4 Å². The van der Waals surface area contributed by atoms with Gasteiger partial charge in [0.05, 0.1) is 13.4 Å². The van der Waals surface area contributed by atoms with Crippen molar-refractivity contribution in [3.63, 3.8) is 0 Å². The van der Waals surface area contributed by atoms with Gasteiger partial charge in [0.2, 0.25) is 10.0 Å². The van der Waals surface area contributed by atoms with Crippen LogP contribution >= 0.6 is 11.8 Å². The molecule has 6 heteroatoms. The van der Waals surface area contributed by atoms with Gasteiger partial charge in [0.25, 0.3) is 0 Å². The molecule has 0 fully saturated rings. The molecule has 0 radical (unpaired) electrons. The first-order valence-corrected chi connectivity index (χ1v) is 8.08. The van der Waals surface area contributed by atoms with Crippen LogP contribution in [0.2, 0.25) is 0 Å². The first-order valence-electron chi connectivity index (χ1n) is 5.00. The molecule has 1 rings (SSSR count). The second-order valence-corrected chi connectivity index (χ2v) is 6.65. The molecular formula is C11H17NO3S2. The van der Waals surface area contributed by atoms with E-state index in [1.807, 2.05) is 24.5 Å². The normalized spacial score (nSPS) is 11.8. The van der Waals surface area contributed by atoms with Crippen LogP contribution in [0.25, 0.3) is 0 Å². The van der Waals surface area contributed by atoms with Crippen molar-refractivity contribution in [2.75, 3.05) is 26.7 Å². The molecule has 1 aromatic rings. The van der Waals surface area contributed by atoms with Crippen LogP contribution in [0, 0.1) is 0 Å². The molecule has 0 aliphatic heterocycles. The first-order chi connectivity index (χ1) is 7.88. The molecule has 0 aliphatic carbocycles. The van der Waals surface area contributed by atoms with Crippen LogP contribution in [-0.2, 0) is 16.6 Å². The summed E-state index contributed by atoms with van der Waals surface area (Å²) in [7, 11) is 0.0211. The molecule has 4 nitrogen and oxygen atoms in total. The van der Waals surface area contributed by atoms with Crippen LogP contribution in [0.3, 0.4) is 0 Å². The highest BCUT2D eigenvalue weighted by molar-refractivity contribution is 7.98. The smallest absolute Gasteiger partial charge is 0.211 e. The second-order valence-electron chi connectivity index (χ2n) is 3.71. The summed E-state index contributed by atoms with van der Waals surface area (Å²) in [4.78, 5) is 1.04. The fraction of sp³-hybridized carbons (Fsp3) is 0.455. The lowest BCUT2D eigenvalue weighted by atomic mass is 10.2. The van der Waals surface area contributed by atoms with Crippen LogP contribution in [0.5, 0.6) is 5.75 Å². The van der Waals surface area contributed by atoms with Gasteiger partial charge in [-0.05, 0) is 24.0 Å². The van der Waals surface area contributed by atoms with Crippen LogP contribution in [0.1, 0.15) is 5.56 Å². The van der Waals surface area contributed by atoms with Crippen molar-refractivity contribution < 1.29 is 13.2 Å². The van der Waals surface area contributed by atoms with E-state index in [0.717, 1.165) is 16.2 Å². The Labute approximate surface area is 107 Å². The van der Waals surface area contributed by atoms with E-state index in [-0.39, 0.29) is 0 Å². The highest BCUT2D eigenvalue weighted by Crippen LogP contribution is 2.28. The van der Waals surface area contributed by atoms with E-state index in [4.69, 9.17) is 4.74 Å². The molecule has 0 spiro atoms. The number of hydrogen-bond donors (Lipinski definition) is 0. The first kappa shape index (κ1) is 14.3. The quantitative estimate of drug-likeness (QED) is 0.769. The molecule has 0 amide bonds. The molecule has 0 saturated carbocycles. The van der Waals surface area contributed by atoms with Crippen molar-refractivity contribution in [1.82, 2.24) is 4.31 Å². The minimum Gasteiger partial charge on any atom is -0.496 e. The molecule has 0 N–H and O–H groups in total. The molecule has 0 saturated heterocycles. The van der Waals surface area contributed by atoms with Gasteiger partial charge in [-0.2, -0.15) is 0 Å². The van der Waals surface area contributed by atoms with Crippen LogP contribution in [-0.4, -0.2) is 39.4 Å². The van der Waals surface area contributed by atoms with E-state index < -0.39 is 10.0 Å². The molecule has 0 heterocycles. The highest BCUT2D eigenvalue weighted by atomic mass is 32.2. The number of thioether (sulfide) groups is 1. The number of nitrogens with zero attached hydrogens (tertiary/aromatic N) is 1. The summed E-state index contributed by atoms with van der Waals surface area (Å²) >= 11 is 1.60. The number of ether oxygens (including phenoxy) is 1. The molecule has 0 atom stereocenters. The maximum absolute atomic E-state index is 11.3. The zero-order valence-electron chi connectivity index (χ0n) is 10.4. The van der Waals surface area contributed by atoms with Crippen LogP contribution in [0.15, 0.2) is 23.1 Å². The Morgan fingerprint density at radius 3 is 2.53 bits per heavy atom. The summed E-state index contributed by atoms with van der Waals surface area (Å²) in [6.45, 7) is 0.351. The van der Waals surface area contributed by atoms with Gasteiger partial charge in [0.1, 0.15) is 5.75 Å². The standard InChI is InChI=1S/C11H17NO3S2/c1-12(17(4,13)14)8-9-5-6-11(16-3)10(7-9)15-2/h5-7H,8H2,1-4H3. The van der Waals surface area contributed by atoms with E-state index in [2.05, 4.69) is 0 Å². The van der Waals surface area contributed by atoms with Crippen molar-refractivity contribution in [3.05, 3.63) is 23.8 Å². The number of sulfonamides is 1. The monoisotopic (exact) mass is 275 g/mol. The van der Waals surface area contributed by atoms with Gasteiger partial charge >= 0.3 is 0 Å². The molecule has 0 aromatic heterocycles. The van der Waals surface area contributed by atoms with E-state index in [0.29, 0.717) is 6.54 Å². The summed E-state index contributed by atoms with van der Waals surface area (Å²) in [6, 6.07) is 5.72. The van der Waals surface area contributed by atoms with Gasteiger partial charge in [-0.1, -0.05) is 6.07 Å². The predicted octanol–water partition coefficient (Wildman–Crippen LogP) is 1.81. The van der Waals surface area contributed by atoms with Gasteiger partial charge in [-0.3, -0.25) is 0 Å².